The number of fused-ring (bicyclic) bond motifs is 1. The van der Waals surface area contributed by atoms with Gasteiger partial charge in [0.05, 0.1) is 12.6 Å². The van der Waals surface area contributed by atoms with Crippen molar-refractivity contribution in [1.29, 1.82) is 0 Å². The van der Waals surface area contributed by atoms with Gasteiger partial charge in [0.2, 0.25) is 0 Å². The van der Waals surface area contributed by atoms with E-state index in [2.05, 4.69) is 4.90 Å². The predicted molar refractivity (Wildman–Crippen MR) is 135 cm³/mol. The van der Waals surface area contributed by atoms with Crippen LogP contribution >= 0.6 is 0 Å². The lowest BCUT2D eigenvalue weighted by molar-refractivity contribution is -0.230. The highest BCUT2D eigenvalue weighted by atomic mass is 16.8. The second-order valence-corrected chi connectivity index (χ2v) is 10.5. The van der Waals surface area contributed by atoms with E-state index in [0.717, 1.165) is 11.1 Å². The molecule has 0 bridgehead atoms. The highest BCUT2D eigenvalue weighted by molar-refractivity contribution is 5.67. The van der Waals surface area contributed by atoms with E-state index < -0.39 is 60.6 Å². The summed E-state index contributed by atoms with van der Waals surface area (Å²) in [5, 5.41) is 0. The Morgan fingerprint density at radius 3 is 2.13 bits per heavy atom. The molecule has 2 aromatic carbocycles. The van der Waals surface area contributed by atoms with Crippen LogP contribution in [0.1, 0.15) is 38.8 Å². The maximum absolute atomic E-state index is 12.2. The zero-order chi connectivity index (χ0) is 26.9. The summed E-state index contributed by atoms with van der Waals surface area (Å²) in [5.74, 6) is -1.74. The number of ether oxygens (including phenoxy) is 6. The largest absolute Gasteiger partial charge is 0.457 e. The summed E-state index contributed by atoms with van der Waals surface area (Å²) in [6, 6.07) is 19.3. The molecule has 9 nitrogen and oxygen atoms in total. The van der Waals surface area contributed by atoms with E-state index in [1.165, 1.54) is 13.8 Å². The minimum atomic E-state index is -0.830. The average molecular weight is 526 g/mol. The number of likely N-dealkylation sites (tertiary alicyclic amines) is 1. The van der Waals surface area contributed by atoms with Gasteiger partial charge in [0.25, 0.3) is 0 Å². The Kier molecular flexibility index (Phi) is 7.83. The molecule has 2 aromatic rings. The fourth-order valence-corrected chi connectivity index (χ4v) is 5.66. The van der Waals surface area contributed by atoms with Crippen LogP contribution in [-0.4, -0.2) is 72.0 Å². The van der Waals surface area contributed by atoms with Gasteiger partial charge in [-0.3, -0.25) is 14.5 Å². The molecule has 5 rings (SSSR count). The van der Waals surface area contributed by atoms with Gasteiger partial charge in [0.1, 0.15) is 18.3 Å². The van der Waals surface area contributed by atoms with Crippen molar-refractivity contribution in [2.24, 2.45) is 0 Å². The van der Waals surface area contributed by atoms with Crippen LogP contribution in [0.4, 0.5) is 0 Å². The van der Waals surface area contributed by atoms with Gasteiger partial charge >= 0.3 is 11.9 Å². The summed E-state index contributed by atoms with van der Waals surface area (Å²) in [7, 11) is 0. The number of benzene rings is 2. The maximum Gasteiger partial charge on any atom is 0.303 e. The molecule has 0 spiro atoms. The third-order valence-electron chi connectivity index (χ3n) is 7.04. The lowest BCUT2D eigenvalue weighted by atomic mass is 9.97. The molecule has 204 valence electrons. The number of carbonyl (C=O) groups is 2. The molecule has 38 heavy (non-hydrogen) atoms. The van der Waals surface area contributed by atoms with Crippen molar-refractivity contribution >= 4 is 11.9 Å². The van der Waals surface area contributed by atoms with E-state index >= 15 is 0 Å². The van der Waals surface area contributed by atoms with Gasteiger partial charge in [-0.05, 0) is 25.0 Å². The predicted octanol–water partition coefficient (Wildman–Crippen LogP) is 3.20. The van der Waals surface area contributed by atoms with Crippen LogP contribution in [0.3, 0.4) is 0 Å². The van der Waals surface area contributed by atoms with E-state index in [9.17, 15) is 9.59 Å². The second-order valence-electron chi connectivity index (χ2n) is 10.5. The van der Waals surface area contributed by atoms with Gasteiger partial charge < -0.3 is 28.4 Å². The summed E-state index contributed by atoms with van der Waals surface area (Å²) in [6.45, 7) is 7.63. The molecule has 0 unspecified atom stereocenters. The molecule has 3 heterocycles. The lowest BCUT2D eigenvalue weighted by Crippen LogP contribution is -2.53. The Balaban J connectivity index is 1.48. The zero-order valence-corrected chi connectivity index (χ0v) is 22.1. The normalized spacial score (nSPS) is 32.2. The smallest absolute Gasteiger partial charge is 0.303 e. The SMILES string of the molecule is CC(=O)O[C@H]1[C@@H]([C@H]2O[C@@H]3OC(C)(C)O[C@@H]3[C@H]2OCc2ccccc2)N(Cc2ccccc2)C[C@H]1OC(C)=O. The molecule has 0 saturated carbocycles. The third-order valence-corrected chi connectivity index (χ3v) is 7.04. The highest BCUT2D eigenvalue weighted by Crippen LogP contribution is 2.43. The Hall–Kier alpha value is -2.82. The van der Waals surface area contributed by atoms with Crippen molar-refractivity contribution in [1.82, 2.24) is 4.90 Å². The molecule has 0 N–H and O–H groups in total. The standard InChI is InChI=1S/C29H35NO8/c1-18(31)34-22-16-30(15-20-11-7-5-8-12-20)23(24(22)35-19(2)32)25-26(33-17-21-13-9-6-10-14-21)27-28(36-25)38-29(3,4)37-27/h5-14,22-28H,15-17H2,1-4H3/t22-,23+,24-,25-,26+,27-,28-/m1/s1. The Morgan fingerprint density at radius 1 is 0.868 bits per heavy atom. The third kappa shape index (κ3) is 5.92. The first-order valence-electron chi connectivity index (χ1n) is 13.0. The van der Waals surface area contributed by atoms with E-state index in [-0.39, 0.29) is 0 Å². The first-order chi connectivity index (χ1) is 18.2. The summed E-state index contributed by atoms with van der Waals surface area (Å²) in [6.07, 6.45) is -3.68. The van der Waals surface area contributed by atoms with Crippen LogP contribution in [0.25, 0.3) is 0 Å². The maximum atomic E-state index is 12.2. The molecule has 0 radical (unpaired) electrons. The van der Waals surface area contributed by atoms with Gasteiger partial charge in [-0.15, -0.1) is 0 Å². The number of hydrogen-bond donors (Lipinski definition) is 0. The molecule has 3 fully saturated rings. The first-order valence-corrected chi connectivity index (χ1v) is 13.0. The number of rotatable bonds is 8. The molecule has 9 heteroatoms. The van der Waals surface area contributed by atoms with Crippen LogP contribution in [0, 0.1) is 0 Å². The molecule has 3 aliphatic rings. The van der Waals surface area contributed by atoms with Gasteiger partial charge in [-0.1, -0.05) is 60.7 Å². The zero-order valence-electron chi connectivity index (χ0n) is 22.1. The second kappa shape index (κ2) is 11.1. The number of hydrogen-bond acceptors (Lipinski definition) is 9. The monoisotopic (exact) mass is 525 g/mol. The number of nitrogens with zero attached hydrogens (tertiary/aromatic N) is 1. The van der Waals surface area contributed by atoms with Crippen molar-refractivity contribution in [3.05, 3.63) is 71.8 Å². The van der Waals surface area contributed by atoms with Crippen LogP contribution in [-0.2, 0) is 51.2 Å². The molecule has 3 aliphatic heterocycles. The lowest BCUT2D eigenvalue weighted by Gasteiger charge is -2.36. The molecule has 3 saturated heterocycles. The van der Waals surface area contributed by atoms with E-state index in [1.807, 2.05) is 74.5 Å². The molecular weight excluding hydrogens is 490 g/mol. The first kappa shape index (κ1) is 26.8. The highest BCUT2D eigenvalue weighted by Gasteiger charge is 2.62. The van der Waals surface area contributed by atoms with Gasteiger partial charge in [-0.25, -0.2) is 0 Å². The molecule has 0 amide bonds. The molecule has 7 atom stereocenters. The Labute approximate surface area is 222 Å². The van der Waals surface area contributed by atoms with Crippen LogP contribution < -0.4 is 0 Å². The molecular formula is C29H35NO8. The van der Waals surface area contributed by atoms with E-state index in [1.54, 1.807) is 0 Å². The van der Waals surface area contributed by atoms with Crippen molar-refractivity contribution in [2.75, 3.05) is 6.54 Å². The fraction of sp³-hybridized carbons (Fsp3) is 0.517. The summed E-state index contributed by atoms with van der Waals surface area (Å²) < 4.78 is 36.8. The molecule has 0 aliphatic carbocycles. The van der Waals surface area contributed by atoms with Crippen LogP contribution in [0.2, 0.25) is 0 Å². The minimum absolute atomic E-state index is 0.343. The van der Waals surface area contributed by atoms with Crippen molar-refractivity contribution in [2.45, 2.75) is 89.5 Å². The summed E-state index contributed by atoms with van der Waals surface area (Å²) >= 11 is 0. The van der Waals surface area contributed by atoms with E-state index in [0.29, 0.717) is 19.7 Å². The van der Waals surface area contributed by atoms with Crippen molar-refractivity contribution in [3.63, 3.8) is 0 Å². The summed E-state index contributed by atoms with van der Waals surface area (Å²) in [4.78, 5) is 26.4. The fourth-order valence-electron chi connectivity index (χ4n) is 5.66. The van der Waals surface area contributed by atoms with E-state index in [4.69, 9.17) is 28.4 Å². The number of esters is 2. The van der Waals surface area contributed by atoms with Gasteiger partial charge in [0, 0.05) is 26.9 Å². The number of carbonyl (C=O) groups excluding carboxylic acids is 2. The average Bonchev–Trinajstić information content (AvgIpc) is 3.45. The minimum Gasteiger partial charge on any atom is -0.457 e. The quantitative estimate of drug-likeness (QED) is 0.482. The summed E-state index contributed by atoms with van der Waals surface area (Å²) in [5.41, 5.74) is 2.07. The van der Waals surface area contributed by atoms with Gasteiger partial charge in [-0.2, -0.15) is 0 Å². The topological polar surface area (TPSA) is 92.8 Å². The molecule has 0 aromatic heterocycles. The van der Waals surface area contributed by atoms with Crippen molar-refractivity contribution < 1.29 is 38.0 Å². The van der Waals surface area contributed by atoms with Crippen LogP contribution in [0.15, 0.2) is 60.7 Å². The Morgan fingerprint density at radius 2 is 1.50 bits per heavy atom. The van der Waals surface area contributed by atoms with Gasteiger partial charge in [0.15, 0.2) is 24.3 Å². The van der Waals surface area contributed by atoms with Crippen molar-refractivity contribution in [3.8, 4) is 0 Å². The Bertz CT molecular complexity index is 1110. The van der Waals surface area contributed by atoms with Crippen LogP contribution in [0.5, 0.6) is 0 Å².